The van der Waals surface area contributed by atoms with E-state index < -0.39 is 5.66 Å². The van der Waals surface area contributed by atoms with E-state index in [1.54, 1.807) is 0 Å². The first-order valence-corrected chi connectivity index (χ1v) is 8.48. The zero-order valence-corrected chi connectivity index (χ0v) is 14.6. The Morgan fingerprint density at radius 1 is 1.12 bits per heavy atom. The second-order valence-electron chi connectivity index (χ2n) is 6.66. The van der Waals surface area contributed by atoms with Crippen molar-refractivity contribution >= 4 is 5.69 Å². The van der Waals surface area contributed by atoms with Gasteiger partial charge in [0.05, 0.1) is 0 Å². The van der Waals surface area contributed by atoms with Crippen LogP contribution in [0.25, 0.3) is 22.6 Å². The van der Waals surface area contributed by atoms with Gasteiger partial charge in [-0.05, 0) is 32.4 Å². The number of hydrogen-bond acceptors (Lipinski definition) is 4. The lowest BCUT2D eigenvalue weighted by Crippen LogP contribution is -2.44. The monoisotopic (exact) mass is 332 g/mol. The fourth-order valence-corrected chi connectivity index (χ4v) is 3.17. The molecule has 25 heavy (non-hydrogen) atoms. The van der Waals surface area contributed by atoms with Gasteiger partial charge in [-0.25, -0.2) is 4.68 Å². The molecule has 0 aliphatic carbocycles. The number of hydrogen-bond donors (Lipinski definition) is 1. The number of benzene rings is 2. The quantitative estimate of drug-likeness (QED) is 0.776. The van der Waals surface area contributed by atoms with Gasteiger partial charge in [-0.3, -0.25) is 4.79 Å². The summed E-state index contributed by atoms with van der Waals surface area (Å²) in [6, 6.07) is 15.7. The van der Waals surface area contributed by atoms with E-state index in [-0.39, 0.29) is 5.56 Å². The molecule has 1 atom stereocenters. The summed E-state index contributed by atoms with van der Waals surface area (Å²) in [5.41, 5.74) is 3.44. The number of para-hydroxylation sites is 1. The predicted molar refractivity (Wildman–Crippen MR) is 99.5 cm³/mol. The summed E-state index contributed by atoms with van der Waals surface area (Å²) in [6.45, 7) is 6.19. The summed E-state index contributed by atoms with van der Waals surface area (Å²) in [5.74, 6) is 0.611. The molecule has 5 nitrogen and oxygen atoms in total. The summed E-state index contributed by atoms with van der Waals surface area (Å²) in [7, 11) is 0. The first-order valence-electron chi connectivity index (χ1n) is 8.48. The lowest BCUT2D eigenvalue weighted by atomic mass is 10.0. The third kappa shape index (κ3) is 2.43. The first-order chi connectivity index (χ1) is 12.0. The molecule has 0 radical (unpaired) electrons. The minimum absolute atomic E-state index is 0.301. The minimum atomic E-state index is -0.441. The summed E-state index contributed by atoms with van der Waals surface area (Å²) >= 11 is 0. The highest BCUT2D eigenvalue weighted by Gasteiger charge is 2.34. The fourth-order valence-electron chi connectivity index (χ4n) is 3.17. The van der Waals surface area contributed by atoms with Crippen molar-refractivity contribution in [2.24, 2.45) is 0 Å². The Balaban J connectivity index is 1.99. The van der Waals surface area contributed by atoms with Crippen LogP contribution < -0.4 is 10.9 Å². The van der Waals surface area contributed by atoms with Gasteiger partial charge in [-0.1, -0.05) is 48.9 Å². The molecule has 0 fully saturated rings. The van der Waals surface area contributed by atoms with Crippen LogP contribution in [0.3, 0.4) is 0 Å². The molecule has 1 aliphatic heterocycles. The molecule has 4 rings (SSSR count). The van der Waals surface area contributed by atoms with E-state index in [1.807, 2.05) is 60.1 Å². The van der Waals surface area contributed by atoms with E-state index in [2.05, 4.69) is 24.1 Å². The maximum Gasteiger partial charge on any atom is 0.300 e. The Hall–Kier alpha value is -2.95. The molecule has 1 N–H and O–H groups in total. The van der Waals surface area contributed by atoms with E-state index in [0.29, 0.717) is 11.5 Å². The van der Waals surface area contributed by atoms with E-state index in [1.165, 1.54) is 0 Å². The Labute approximate surface area is 146 Å². The third-order valence-corrected chi connectivity index (χ3v) is 4.86. The number of aryl methyl sites for hydroxylation is 1. The highest BCUT2D eigenvalue weighted by molar-refractivity contribution is 5.76. The summed E-state index contributed by atoms with van der Waals surface area (Å²) in [6.07, 6.45) is 0.805. The SMILES string of the molecule is CC[C@@]1(C)Nc2ccccc2-c2nc(=O)c(-c3ccc(C)cc3)nn21. The van der Waals surface area contributed by atoms with E-state index in [4.69, 9.17) is 5.10 Å². The molecule has 126 valence electrons. The topological polar surface area (TPSA) is 59.8 Å². The van der Waals surface area contributed by atoms with Crippen LogP contribution in [0.5, 0.6) is 0 Å². The lowest BCUT2D eigenvalue weighted by Gasteiger charge is -2.38. The predicted octanol–water partition coefficient (Wildman–Crippen LogP) is 3.79. The van der Waals surface area contributed by atoms with Gasteiger partial charge in [0.25, 0.3) is 5.56 Å². The highest BCUT2D eigenvalue weighted by Crippen LogP contribution is 2.37. The molecule has 2 aromatic carbocycles. The van der Waals surface area contributed by atoms with Crippen molar-refractivity contribution < 1.29 is 0 Å². The molecule has 1 aliphatic rings. The summed E-state index contributed by atoms with van der Waals surface area (Å²) in [5, 5.41) is 8.26. The molecule has 0 saturated carbocycles. The third-order valence-electron chi connectivity index (χ3n) is 4.86. The van der Waals surface area contributed by atoms with Crippen LogP contribution in [0.2, 0.25) is 0 Å². The van der Waals surface area contributed by atoms with Crippen LogP contribution in [-0.2, 0) is 5.66 Å². The molecular weight excluding hydrogens is 312 g/mol. The van der Waals surface area contributed by atoms with Crippen molar-refractivity contribution in [3.63, 3.8) is 0 Å². The minimum Gasteiger partial charge on any atom is -0.361 e. The first kappa shape index (κ1) is 15.6. The number of aromatic nitrogens is 3. The van der Waals surface area contributed by atoms with Gasteiger partial charge in [0.2, 0.25) is 0 Å². The van der Waals surface area contributed by atoms with Crippen molar-refractivity contribution in [1.29, 1.82) is 0 Å². The van der Waals surface area contributed by atoms with Crippen molar-refractivity contribution in [1.82, 2.24) is 14.8 Å². The molecule has 1 aromatic heterocycles. The molecule has 0 unspecified atom stereocenters. The zero-order valence-electron chi connectivity index (χ0n) is 14.6. The Morgan fingerprint density at radius 2 is 1.84 bits per heavy atom. The molecule has 0 amide bonds. The fraction of sp³-hybridized carbons (Fsp3) is 0.250. The number of anilines is 1. The number of rotatable bonds is 2. The second kappa shape index (κ2) is 5.55. The molecule has 2 heterocycles. The number of nitrogens with zero attached hydrogens (tertiary/aromatic N) is 3. The Morgan fingerprint density at radius 3 is 2.56 bits per heavy atom. The van der Waals surface area contributed by atoms with Gasteiger partial charge in [-0.2, -0.15) is 10.1 Å². The second-order valence-corrected chi connectivity index (χ2v) is 6.66. The van der Waals surface area contributed by atoms with E-state index in [0.717, 1.165) is 28.8 Å². The van der Waals surface area contributed by atoms with Crippen molar-refractivity contribution in [2.45, 2.75) is 32.9 Å². The number of nitrogens with one attached hydrogen (secondary N) is 1. The number of fused-ring (bicyclic) bond motifs is 3. The van der Waals surface area contributed by atoms with Crippen molar-refractivity contribution in [2.75, 3.05) is 5.32 Å². The average molecular weight is 332 g/mol. The average Bonchev–Trinajstić information content (AvgIpc) is 2.62. The molecule has 3 aromatic rings. The Bertz CT molecular complexity index is 1010. The molecule has 0 spiro atoms. The zero-order chi connectivity index (χ0) is 17.6. The van der Waals surface area contributed by atoms with Gasteiger partial charge in [0.15, 0.2) is 11.5 Å². The molecule has 0 saturated heterocycles. The van der Waals surface area contributed by atoms with Gasteiger partial charge in [0.1, 0.15) is 5.66 Å². The highest BCUT2D eigenvalue weighted by atomic mass is 16.1. The standard InChI is InChI=1S/C20H20N4O/c1-4-20(3)22-16-8-6-5-7-15(16)18-21-19(25)17(23-24(18)20)14-11-9-13(2)10-12-14/h5-12,22H,4H2,1-3H3/t20-/m0/s1. The van der Waals surface area contributed by atoms with Gasteiger partial charge in [0, 0.05) is 16.8 Å². The lowest BCUT2D eigenvalue weighted by molar-refractivity contribution is 0.312. The van der Waals surface area contributed by atoms with E-state index in [9.17, 15) is 4.79 Å². The largest absolute Gasteiger partial charge is 0.361 e. The maximum absolute atomic E-state index is 12.7. The Kier molecular flexibility index (Phi) is 3.46. The van der Waals surface area contributed by atoms with Crippen LogP contribution >= 0.6 is 0 Å². The van der Waals surface area contributed by atoms with Crippen LogP contribution in [-0.4, -0.2) is 14.8 Å². The van der Waals surface area contributed by atoms with Crippen molar-refractivity contribution in [3.8, 4) is 22.6 Å². The van der Waals surface area contributed by atoms with Crippen LogP contribution in [0, 0.1) is 6.92 Å². The normalized spacial score (nSPS) is 18.2. The summed E-state index contributed by atoms with van der Waals surface area (Å²) < 4.78 is 1.85. The van der Waals surface area contributed by atoms with Gasteiger partial charge < -0.3 is 5.32 Å². The van der Waals surface area contributed by atoms with E-state index >= 15 is 0 Å². The molecule has 5 heteroatoms. The van der Waals surface area contributed by atoms with Crippen LogP contribution in [0.15, 0.2) is 53.3 Å². The molecule has 0 bridgehead atoms. The summed E-state index contributed by atoms with van der Waals surface area (Å²) in [4.78, 5) is 17.1. The van der Waals surface area contributed by atoms with Gasteiger partial charge >= 0.3 is 0 Å². The molecular formula is C20H20N4O. The maximum atomic E-state index is 12.7. The smallest absolute Gasteiger partial charge is 0.300 e. The van der Waals surface area contributed by atoms with Crippen LogP contribution in [0.4, 0.5) is 5.69 Å². The van der Waals surface area contributed by atoms with Gasteiger partial charge in [-0.15, -0.1) is 0 Å². The van der Waals surface area contributed by atoms with Crippen LogP contribution in [0.1, 0.15) is 25.8 Å². The van der Waals surface area contributed by atoms with Crippen molar-refractivity contribution in [3.05, 3.63) is 64.4 Å².